The van der Waals surface area contributed by atoms with Gasteiger partial charge < -0.3 is 28.4 Å². The van der Waals surface area contributed by atoms with Crippen molar-refractivity contribution in [2.24, 2.45) is 0 Å². The van der Waals surface area contributed by atoms with Crippen molar-refractivity contribution in [2.75, 3.05) is 67.1 Å². The van der Waals surface area contributed by atoms with Crippen molar-refractivity contribution in [3.8, 4) is 11.5 Å². The number of halogens is 28. The number of methoxy groups -OCH3 is 2. The van der Waals surface area contributed by atoms with Crippen LogP contribution in [0.1, 0.15) is 22.3 Å². The Hall–Kier alpha value is -7.57. The molecule has 0 aliphatic carbocycles. The summed E-state index contributed by atoms with van der Waals surface area (Å²) in [4.78, 5) is 3.39. The monoisotopic (exact) mass is 1380 g/mol. The number of ether oxygens (including phenoxy) is 6. The lowest BCUT2D eigenvalue weighted by Gasteiger charge is -2.49. The zero-order valence-corrected chi connectivity index (χ0v) is 46.5. The maximum absolute atomic E-state index is 16.0. The molecule has 7 aromatic carbocycles. The molecule has 0 fully saturated rings. The van der Waals surface area contributed by atoms with E-state index in [0.717, 1.165) is 21.3 Å². The summed E-state index contributed by atoms with van der Waals surface area (Å²) in [6, 6.07) is 26.8. The molecule has 92 heavy (non-hydrogen) atoms. The Kier molecular flexibility index (Phi) is 23.3. The summed E-state index contributed by atoms with van der Waals surface area (Å²) >= 11 is 0. The first-order valence-electron chi connectivity index (χ1n) is 25.2. The second-order valence-electron chi connectivity index (χ2n) is 18.5. The third-order valence-electron chi connectivity index (χ3n) is 13.0. The molecule has 0 bridgehead atoms. The van der Waals surface area contributed by atoms with Crippen molar-refractivity contribution in [3.63, 3.8) is 0 Å². The van der Waals surface area contributed by atoms with Crippen molar-refractivity contribution < 1.29 is 151 Å². The minimum absolute atomic E-state index is 0.430. The van der Waals surface area contributed by atoms with Crippen molar-refractivity contribution >= 4 is 38.9 Å². The van der Waals surface area contributed by atoms with Crippen LogP contribution in [0, 0.1) is 93.1 Å². The number of alkyl halides is 12. The fourth-order valence-corrected chi connectivity index (χ4v) is 11.8. The van der Waals surface area contributed by atoms with Gasteiger partial charge in [-0.25, -0.2) is 70.2 Å². The number of hydrogen-bond acceptors (Lipinski definition) is 6. The van der Waals surface area contributed by atoms with Crippen LogP contribution in [0.2, 0.25) is 0 Å². The number of hydrogen-bond donors (Lipinski definition) is 0. The Morgan fingerprint density at radius 2 is 0.533 bits per heavy atom. The number of benzene rings is 7. The highest BCUT2D eigenvalue weighted by molar-refractivity contribution is 7.97. The molecule has 0 spiro atoms. The van der Waals surface area contributed by atoms with Crippen molar-refractivity contribution in [3.05, 3.63) is 194 Å². The largest absolute Gasteiger partial charge is 0.486 e. The Labute approximate surface area is 501 Å². The average molecular weight is 1380 g/mol. The number of rotatable bonds is 21. The van der Waals surface area contributed by atoms with Crippen LogP contribution >= 0.6 is 0 Å². The normalized spacial score (nSPS) is 12.4. The van der Waals surface area contributed by atoms with Crippen molar-refractivity contribution in [2.45, 2.75) is 39.4 Å². The van der Waals surface area contributed by atoms with E-state index < -0.39 is 179 Å². The van der Waals surface area contributed by atoms with E-state index in [0.29, 0.717) is 52.9 Å². The molecule has 0 heterocycles. The van der Waals surface area contributed by atoms with Gasteiger partial charge in [0.05, 0.1) is 61.9 Å². The highest BCUT2D eigenvalue weighted by atomic mass is 32.2. The Balaban J connectivity index is 0.000000328. The fraction of sp³-hybridized carbons (Fsp3) is 0.250. The molecular formula is C56H35BF28O6S. The van der Waals surface area contributed by atoms with E-state index in [1.165, 1.54) is 4.90 Å². The summed E-state index contributed by atoms with van der Waals surface area (Å²) in [7, 11) is 2.90. The molecule has 0 aliphatic rings. The predicted molar refractivity (Wildman–Crippen MR) is 267 cm³/mol. The Bertz CT molecular complexity index is 3420. The maximum atomic E-state index is 16.0. The highest BCUT2D eigenvalue weighted by Crippen LogP contribution is 2.45. The van der Waals surface area contributed by atoms with Crippen molar-refractivity contribution in [1.82, 2.24) is 0 Å². The second kappa shape index (κ2) is 29.2. The zero-order valence-electron chi connectivity index (χ0n) is 45.7. The van der Waals surface area contributed by atoms with Gasteiger partial charge in [0.15, 0.2) is 86.2 Å². The van der Waals surface area contributed by atoms with Gasteiger partial charge in [0, 0.05) is 14.2 Å². The average Bonchev–Trinajstić information content (AvgIpc) is 0.669. The minimum atomic E-state index is -8.89. The van der Waals surface area contributed by atoms with Crippen LogP contribution in [0.3, 0.4) is 0 Å². The van der Waals surface area contributed by atoms with E-state index in [-0.39, 0.29) is 0 Å². The molecule has 0 saturated carbocycles. The van der Waals surface area contributed by atoms with Gasteiger partial charge in [0.25, 0.3) is 0 Å². The molecular weight excluding hydrogens is 1340 g/mol. The van der Waals surface area contributed by atoms with E-state index in [2.05, 4.69) is 36.4 Å². The summed E-state index contributed by atoms with van der Waals surface area (Å²) in [5.41, 5.74) is -38.1. The van der Waals surface area contributed by atoms with Gasteiger partial charge in [-0.3, -0.25) is 0 Å². The molecule has 500 valence electrons. The summed E-state index contributed by atoms with van der Waals surface area (Å²) in [6.45, 7) is 4.17. The molecule has 0 amide bonds. The fourth-order valence-electron chi connectivity index (χ4n) is 9.51. The van der Waals surface area contributed by atoms with Crippen molar-refractivity contribution in [1.29, 1.82) is 0 Å². The van der Waals surface area contributed by atoms with Crippen LogP contribution in [0.5, 0.6) is 11.5 Å². The first kappa shape index (κ1) is 73.5. The molecule has 0 aliphatic heterocycles. The van der Waals surface area contributed by atoms with Crippen LogP contribution in [0.25, 0.3) is 0 Å². The van der Waals surface area contributed by atoms with Gasteiger partial charge in [-0.05, 0) is 36.4 Å². The Morgan fingerprint density at radius 1 is 0.293 bits per heavy atom. The van der Waals surface area contributed by atoms with Gasteiger partial charge in [0.2, 0.25) is 9.79 Å². The summed E-state index contributed by atoms with van der Waals surface area (Å²) in [5, 5.41) is 0. The molecule has 0 unspecified atom stereocenters. The van der Waals surface area contributed by atoms with Gasteiger partial charge in [-0.1, -0.05) is 42.5 Å². The number of para-hydroxylation sites is 2. The SMILES string of the molecule is COCCOCCOc1ccccc1[S+](c1ccccc1)c1ccccc1OCCOCCOC.Fc1c(F)c(F)c(C(F)(F)F)c([B-](c2c(F)c(F)c(F)c(F)c2C(F)(F)F)(c2c(F)c(F)c(F)c(F)c2C(F)(F)F)c2c(F)c(F)c(F)c(F)c2C(F)(F)F)c1F. The van der Waals surface area contributed by atoms with Crippen LogP contribution < -0.4 is 31.3 Å². The smallest absolute Gasteiger partial charge is 0.416 e. The van der Waals surface area contributed by atoms with Crippen LogP contribution in [0.4, 0.5) is 123 Å². The zero-order chi connectivity index (χ0) is 68.9. The van der Waals surface area contributed by atoms with Gasteiger partial charge >= 0.3 is 24.7 Å². The summed E-state index contributed by atoms with van der Waals surface area (Å²) in [5.74, 6) is -68.1. The maximum Gasteiger partial charge on any atom is 0.416 e. The molecule has 0 aromatic heterocycles. The lowest BCUT2D eigenvalue weighted by molar-refractivity contribution is -0.140. The topological polar surface area (TPSA) is 55.4 Å². The lowest BCUT2D eigenvalue weighted by atomic mass is 9.11. The molecule has 0 saturated heterocycles. The first-order valence-corrected chi connectivity index (χ1v) is 26.4. The van der Waals surface area contributed by atoms with E-state index >= 15 is 35.1 Å². The van der Waals surface area contributed by atoms with E-state index in [1.807, 2.05) is 42.5 Å². The third-order valence-corrected chi connectivity index (χ3v) is 15.3. The molecule has 6 nitrogen and oxygen atoms in total. The molecule has 7 aromatic rings. The van der Waals surface area contributed by atoms with Crippen LogP contribution in [-0.2, 0) is 54.5 Å². The molecule has 7 rings (SSSR count). The van der Waals surface area contributed by atoms with E-state index in [9.17, 15) is 87.8 Å². The third kappa shape index (κ3) is 14.5. The molecule has 0 atom stereocenters. The van der Waals surface area contributed by atoms with Gasteiger partial charge in [0.1, 0.15) is 53.5 Å². The van der Waals surface area contributed by atoms with Crippen LogP contribution in [-0.4, -0.2) is 73.2 Å². The Morgan fingerprint density at radius 3 is 0.793 bits per heavy atom. The lowest BCUT2D eigenvalue weighted by Crippen LogP contribution is -2.82. The summed E-state index contributed by atoms with van der Waals surface area (Å²) in [6.07, 6.45) is -39.5. The summed E-state index contributed by atoms with van der Waals surface area (Å²) < 4.78 is 451. The molecule has 36 heteroatoms. The van der Waals surface area contributed by atoms with E-state index in [4.69, 9.17) is 28.4 Å². The predicted octanol–water partition coefficient (Wildman–Crippen LogP) is 14.2. The first-order chi connectivity index (χ1) is 42.9. The van der Waals surface area contributed by atoms with E-state index in [1.54, 1.807) is 14.2 Å². The molecule has 0 radical (unpaired) electrons. The van der Waals surface area contributed by atoms with Gasteiger partial charge in [-0.15, -0.1) is 21.9 Å². The highest BCUT2D eigenvalue weighted by Gasteiger charge is 2.60. The van der Waals surface area contributed by atoms with Gasteiger partial charge in [-0.2, -0.15) is 52.7 Å². The second-order valence-corrected chi connectivity index (χ2v) is 20.4. The molecule has 0 N–H and O–H groups in total. The van der Waals surface area contributed by atoms with Crippen LogP contribution in [0.15, 0.2) is 93.5 Å². The quantitative estimate of drug-likeness (QED) is 0.0178. The standard InChI is InChI=1S/C28BF28.C28H35O6S/c30-9-1(25(46,47)48)5(13(34)21(42)17(9)38)29(6-2(26(49,50)51)10(31)18(39)22(43)14(6)35,7-3(27(52,53)54)11(32)19(40)23(44)15(7)36)8-4(28(55,56)57)12(33)20(41)24(45)16(8)37;1-29-16-18-31-20-22-33-25-12-6-8-14-27(25)35(24-10-4-3-5-11-24)28-15-9-7-13-26(28)34-23-21-32-19-17-30-2/h;3-15H,16-23H2,1-2H3/q-1;+1. The minimum Gasteiger partial charge on any atom is -0.486 e.